The number of hydrogen-bond donors (Lipinski definition) is 2. The molecule has 16 heavy (non-hydrogen) atoms. The maximum atomic E-state index is 11.8. The Morgan fingerprint density at radius 3 is 2.75 bits per heavy atom. The van der Waals surface area contributed by atoms with Crippen LogP contribution in [0.4, 0.5) is 0 Å². The lowest BCUT2D eigenvalue weighted by Gasteiger charge is -2.43. The van der Waals surface area contributed by atoms with Crippen LogP contribution in [-0.2, 0) is 6.54 Å². The van der Waals surface area contributed by atoms with E-state index in [1.54, 1.807) is 30.2 Å². The van der Waals surface area contributed by atoms with Crippen molar-refractivity contribution in [3.05, 3.63) is 29.6 Å². The molecular weight excluding hydrogens is 206 g/mol. The molecule has 0 aromatic carbocycles. The summed E-state index contributed by atoms with van der Waals surface area (Å²) in [6, 6.07) is 3.45. The second-order valence-corrected chi connectivity index (χ2v) is 4.41. The smallest absolute Gasteiger partial charge is 0.272 e. The first kappa shape index (κ1) is 11.0. The topological polar surface area (TPSA) is 79.5 Å². The van der Waals surface area contributed by atoms with Crippen molar-refractivity contribution >= 4 is 5.91 Å². The molecule has 1 aromatic rings. The van der Waals surface area contributed by atoms with E-state index in [-0.39, 0.29) is 5.91 Å². The molecule has 1 aliphatic rings. The first-order valence-corrected chi connectivity index (χ1v) is 5.18. The predicted molar refractivity (Wildman–Crippen MR) is 58.7 cm³/mol. The summed E-state index contributed by atoms with van der Waals surface area (Å²) in [5, 5.41) is 9.53. The van der Waals surface area contributed by atoms with Gasteiger partial charge in [0.25, 0.3) is 5.91 Å². The number of nitrogens with zero attached hydrogens (tertiary/aromatic N) is 2. The van der Waals surface area contributed by atoms with Crippen LogP contribution in [0, 0.1) is 0 Å². The van der Waals surface area contributed by atoms with Crippen LogP contribution >= 0.6 is 0 Å². The third kappa shape index (κ3) is 2.05. The predicted octanol–water partition coefficient (Wildman–Crippen LogP) is -0.253. The number of aromatic nitrogens is 1. The summed E-state index contributed by atoms with van der Waals surface area (Å²) in [5.74, 6) is -0.143. The number of nitrogens with two attached hydrogens (primary N) is 1. The largest absolute Gasteiger partial charge is 0.386 e. The Morgan fingerprint density at radius 2 is 2.31 bits per heavy atom. The Kier molecular flexibility index (Phi) is 2.65. The van der Waals surface area contributed by atoms with Crippen LogP contribution in [0.5, 0.6) is 0 Å². The van der Waals surface area contributed by atoms with Gasteiger partial charge in [-0.25, -0.2) is 0 Å². The summed E-state index contributed by atoms with van der Waals surface area (Å²) in [6.45, 7) is 2.86. The Morgan fingerprint density at radius 1 is 1.62 bits per heavy atom. The molecule has 5 nitrogen and oxygen atoms in total. The number of amides is 1. The number of β-amino-alcohol motifs (C(OH)–C–C–N with tert-alkyl or cyclic N) is 1. The average molecular weight is 221 g/mol. The molecule has 86 valence electrons. The van der Waals surface area contributed by atoms with Crippen LogP contribution in [-0.4, -0.2) is 39.6 Å². The molecule has 0 atom stereocenters. The van der Waals surface area contributed by atoms with Gasteiger partial charge in [0.15, 0.2) is 0 Å². The zero-order chi connectivity index (χ0) is 11.8. The van der Waals surface area contributed by atoms with Gasteiger partial charge < -0.3 is 15.7 Å². The highest BCUT2D eigenvalue weighted by Gasteiger charge is 2.39. The number of hydrogen-bond acceptors (Lipinski definition) is 4. The maximum Gasteiger partial charge on any atom is 0.272 e. The summed E-state index contributed by atoms with van der Waals surface area (Å²) in [5.41, 5.74) is 5.99. The molecule has 0 spiro atoms. The third-order valence-corrected chi connectivity index (χ3v) is 2.63. The lowest BCUT2D eigenvalue weighted by Crippen LogP contribution is -2.61. The van der Waals surface area contributed by atoms with Gasteiger partial charge in [-0.05, 0) is 18.6 Å². The first-order chi connectivity index (χ1) is 7.52. The zero-order valence-electron chi connectivity index (χ0n) is 9.18. The van der Waals surface area contributed by atoms with E-state index in [1.807, 2.05) is 0 Å². The van der Waals surface area contributed by atoms with Gasteiger partial charge in [0.2, 0.25) is 0 Å². The van der Waals surface area contributed by atoms with Crippen molar-refractivity contribution in [2.75, 3.05) is 13.1 Å². The number of pyridine rings is 1. The number of aliphatic hydroxyl groups is 1. The molecule has 1 saturated heterocycles. The van der Waals surface area contributed by atoms with Crippen LogP contribution < -0.4 is 5.73 Å². The zero-order valence-corrected chi connectivity index (χ0v) is 9.18. The molecule has 5 heteroatoms. The number of rotatable bonds is 2. The Balaban J connectivity index is 2.05. The lowest BCUT2D eigenvalue weighted by atomic mass is 9.96. The SMILES string of the molecule is CC1(O)CN(C(=O)c2ccc(CN)cn2)C1. The van der Waals surface area contributed by atoms with Crippen molar-refractivity contribution in [2.45, 2.75) is 19.1 Å². The molecule has 0 saturated carbocycles. The highest BCUT2D eigenvalue weighted by Crippen LogP contribution is 2.21. The van der Waals surface area contributed by atoms with Crippen LogP contribution in [0.15, 0.2) is 18.3 Å². The van der Waals surface area contributed by atoms with Crippen molar-refractivity contribution in [1.29, 1.82) is 0 Å². The summed E-state index contributed by atoms with van der Waals surface area (Å²) in [7, 11) is 0. The van der Waals surface area contributed by atoms with Gasteiger partial charge in [0.05, 0.1) is 18.7 Å². The minimum absolute atomic E-state index is 0.143. The minimum atomic E-state index is -0.743. The van der Waals surface area contributed by atoms with E-state index in [0.717, 1.165) is 5.56 Å². The van der Waals surface area contributed by atoms with Crippen molar-refractivity contribution in [3.8, 4) is 0 Å². The first-order valence-electron chi connectivity index (χ1n) is 5.18. The fraction of sp³-hybridized carbons (Fsp3) is 0.455. The molecule has 1 amide bonds. The molecule has 1 fully saturated rings. The third-order valence-electron chi connectivity index (χ3n) is 2.63. The van der Waals surface area contributed by atoms with Gasteiger partial charge in [0, 0.05) is 12.7 Å². The molecule has 1 aromatic heterocycles. The van der Waals surface area contributed by atoms with Crippen LogP contribution in [0.25, 0.3) is 0 Å². The van der Waals surface area contributed by atoms with Crippen molar-refractivity contribution < 1.29 is 9.90 Å². The van der Waals surface area contributed by atoms with Gasteiger partial charge in [-0.3, -0.25) is 9.78 Å². The summed E-state index contributed by atoms with van der Waals surface area (Å²) >= 11 is 0. The Hall–Kier alpha value is -1.46. The lowest BCUT2D eigenvalue weighted by molar-refractivity contribution is -0.0670. The van der Waals surface area contributed by atoms with E-state index in [0.29, 0.717) is 25.3 Å². The molecule has 0 unspecified atom stereocenters. The molecule has 0 aliphatic carbocycles. The minimum Gasteiger partial charge on any atom is -0.386 e. The molecule has 3 N–H and O–H groups in total. The number of likely N-dealkylation sites (tertiary alicyclic amines) is 1. The normalized spacial score (nSPS) is 18.1. The number of carbonyl (C=O) groups excluding carboxylic acids is 1. The second kappa shape index (κ2) is 3.84. The molecule has 2 rings (SSSR count). The van der Waals surface area contributed by atoms with E-state index in [4.69, 9.17) is 5.73 Å². The van der Waals surface area contributed by atoms with Gasteiger partial charge in [0.1, 0.15) is 5.69 Å². The molecule has 0 radical (unpaired) electrons. The molecular formula is C11H15N3O2. The molecule has 1 aliphatic heterocycles. The summed E-state index contributed by atoms with van der Waals surface area (Å²) < 4.78 is 0. The van der Waals surface area contributed by atoms with E-state index < -0.39 is 5.60 Å². The molecule has 0 bridgehead atoms. The van der Waals surface area contributed by atoms with Gasteiger partial charge in [-0.1, -0.05) is 6.07 Å². The highest BCUT2D eigenvalue weighted by molar-refractivity contribution is 5.93. The fourth-order valence-corrected chi connectivity index (χ4v) is 1.75. The van der Waals surface area contributed by atoms with E-state index >= 15 is 0 Å². The Labute approximate surface area is 93.9 Å². The summed E-state index contributed by atoms with van der Waals surface area (Å²) in [4.78, 5) is 17.5. The van der Waals surface area contributed by atoms with Crippen LogP contribution in [0.1, 0.15) is 23.0 Å². The van der Waals surface area contributed by atoms with Crippen molar-refractivity contribution in [2.24, 2.45) is 5.73 Å². The van der Waals surface area contributed by atoms with Gasteiger partial charge in [-0.2, -0.15) is 0 Å². The van der Waals surface area contributed by atoms with Gasteiger partial charge >= 0.3 is 0 Å². The quantitative estimate of drug-likeness (QED) is 0.721. The summed E-state index contributed by atoms with van der Waals surface area (Å²) in [6.07, 6.45) is 1.60. The standard InChI is InChI=1S/C11H15N3O2/c1-11(16)6-14(7-11)10(15)9-3-2-8(4-12)5-13-9/h2-3,5,16H,4,6-7,12H2,1H3. The Bertz CT molecular complexity index is 392. The van der Waals surface area contributed by atoms with E-state index in [1.165, 1.54) is 0 Å². The van der Waals surface area contributed by atoms with Gasteiger partial charge in [-0.15, -0.1) is 0 Å². The van der Waals surface area contributed by atoms with Crippen LogP contribution in [0.2, 0.25) is 0 Å². The van der Waals surface area contributed by atoms with Crippen LogP contribution in [0.3, 0.4) is 0 Å². The van der Waals surface area contributed by atoms with E-state index in [9.17, 15) is 9.90 Å². The van der Waals surface area contributed by atoms with Crippen molar-refractivity contribution in [1.82, 2.24) is 9.88 Å². The fourth-order valence-electron chi connectivity index (χ4n) is 1.75. The average Bonchev–Trinajstić information content (AvgIpc) is 2.25. The monoisotopic (exact) mass is 221 g/mol. The highest BCUT2D eigenvalue weighted by atomic mass is 16.3. The maximum absolute atomic E-state index is 11.8. The van der Waals surface area contributed by atoms with E-state index in [2.05, 4.69) is 4.98 Å². The van der Waals surface area contributed by atoms with Crippen molar-refractivity contribution in [3.63, 3.8) is 0 Å². The molecule has 2 heterocycles. The number of carbonyl (C=O) groups is 1. The second-order valence-electron chi connectivity index (χ2n) is 4.41.